The third-order valence-corrected chi connectivity index (χ3v) is 8.91. The third kappa shape index (κ3) is 39.0. The van der Waals surface area contributed by atoms with E-state index in [1.54, 1.807) is 21.1 Å². The van der Waals surface area contributed by atoms with Crippen LogP contribution in [0.5, 0.6) is 0 Å². The Morgan fingerprint density at radius 2 is 0.967 bits per heavy atom. The fourth-order valence-electron chi connectivity index (χ4n) is 5.50. The highest BCUT2D eigenvalue weighted by molar-refractivity contribution is 5.70. The number of carbonyl (C=O) groups excluding carboxylic acids is 3. The summed E-state index contributed by atoms with van der Waals surface area (Å²) in [5, 5.41) is 11.6. The molecule has 0 radical (unpaired) electrons. The van der Waals surface area contributed by atoms with Gasteiger partial charge in [0.05, 0.1) is 40.3 Å². The maximum Gasteiger partial charge on any atom is 0.306 e. The number of carboxylic acids is 1. The van der Waals surface area contributed by atoms with E-state index in [0.29, 0.717) is 12.8 Å². The van der Waals surface area contributed by atoms with Crippen molar-refractivity contribution in [3.8, 4) is 0 Å². The van der Waals surface area contributed by atoms with Crippen molar-refractivity contribution < 1.29 is 38.2 Å². The molecule has 0 heterocycles. The van der Waals surface area contributed by atoms with Crippen molar-refractivity contribution in [2.45, 2.75) is 135 Å². The van der Waals surface area contributed by atoms with Gasteiger partial charge in [0.2, 0.25) is 0 Å². The molecule has 0 aliphatic carbocycles. The molecule has 0 bridgehead atoms. The molecule has 334 valence electrons. The van der Waals surface area contributed by atoms with Gasteiger partial charge in [-0.15, -0.1) is 0 Å². The highest BCUT2D eigenvalue weighted by atomic mass is 16.6. The topological polar surface area (TPSA) is 102 Å². The molecule has 0 spiro atoms. The number of aliphatic carboxylic acids is 1. The fourth-order valence-corrected chi connectivity index (χ4v) is 5.50. The van der Waals surface area contributed by atoms with Gasteiger partial charge >= 0.3 is 11.9 Å². The van der Waals surface area contributed by atoms with E-state index in [9.17, 15) is 19.5 Å². The van der Waals surface area contributed by atoms with Crippen LogP contribution in [0.1, 0.15) is 123 Å². The van der Waals surface area contributed by atoms with Gasteiger partial charge in [-0.2, -0.15) is 0 Å². The molecule has 0 N–H and O–H groups in total. The smallest absolute Gasteiger partial charge is 0.306 e. The number of ether oxygens (including phenoxy) is 3. The highest BCUT2D eigenvalue weighted by Gasteiger charge is 2.25. The van der Waals surface area contributed by atoms with Crippen molar-refractivity contribution in [1.29, 1.82) is 0 Å². The average Bonchev–Trinajstić information content (AvgIpc) is 3.21. The molecule has 2 atom stereocenters. The van der Waals surface area contributed by atoms with E-state index >= 15 is 0 Å². The minimum atomic E-state index is -1.15. The number of hydrogen-bond acceptors (Lipinski definition) is 7. The number of unbranched alkanes of at least 4 members (excludes halogenated alkanes) is 5. The lowest BCUT2D eigenvalue weighted by Gasteiger charge is -2.34. The number of carboxylic acid groups (broad SMARTS) is 1. The second kappa shape index (κ2) is 41.2. The molecule has 0 aliphatic rings. The average molecular weight is 830 g/mol. The van der Waals surface area contributed by atoms with Gasteiger partial charge in [-0.25, -0.2) is 0 Å². The lowest BCUT2D eigenvalue weighted by atomic mass is 10.1. The summed E-state index contributed by atoms with van der Waals surface area (Å²) in [5.41, 5.74) is 0. The van der Waals surface area contributed by atoms with Gasteiger partial charge in [0.15, 0.2) is 6.10 Å². The van der Waals surface area contributed by atoms with Crippen LogP contribution in [-0.4, -0.2) is 75.5 Å². The van der Waals surface area contributed by atoms with Crippen LogP contribution in [0, 0.1) is 0 Å². The second-order valence-corrected chi connectivity index (χ2v) is 15.3. The molecule has 0 aliphatic heterocycles. The Hall–Kier alpha value is -4.53. The van der Waals surface area contributed by atoms with Gasteiger partial charge in [0.25, 0.3) is 0 Å². The van der Waals surface area contributed by atoms with Gasteiger partial charge in [-0.3, -0.25) is 9.59 Å². The van der Waals surface area contributed by atoms with Gasteiger partial charge in [-0.1, -0.05) is 154 Å². The molecule has 8 nitrogen and oxygen atoms in total. The van der Waals surface area contributed by atoms with E-state index in [1.165, 1.54) is 0 Å². The van der Waals surface area contributed by atoms with Crippen molar-refractivity contribution in [2.75, 3.05) is 41.0 Å². The number of rotatable bonds is 37. The molecule has 8 heteroatoms. The number of likely N-dealkylation sites (N-methyl/N-ethyl adjacent to an activating group) is 1. The van der Waals surface area contributed by atoms with E-state index < -0.39 is 18.1 Å². The molecule has 60 heavy (non-hydrogen) atoms. The predicted molar refractivity (Wildman–Crippen MR) is 249 cm³/mol. The molecule has 2 unspecified atom stereocenters. The van der Waals surface area contributed by atoms with Crippen molar-refractivity contribution in [1.82, 2.24) is 0 Å². The molecular formula is C52H79NO7. The molecule has 0 aromatic heterocycles. The molecule has 0 saturated heterocycles. The highest BCUT2D eigenvalue weighted by Crippen LogP contribution is 2.11. The first-order valence-electron chi connectivity index (χ1n) is 22.3. The summed E-state index contributed by atoms with van der Waals surface area (Å²) < 4.78 is 17.1. The van der Waals surface area contributed by atoms with Gasteiger partial charge in [0.1, 0.15) is 12.6 Å². The number of hydrogen-bond donors (Lipinski definition) is 0. The first-order valence-corrected chi connectivity index (χ1v) is 22.3. The van der Waals surface area contributed by atoms with Crippen LogP contribution in [-0.2, 0) is 28.6 Å². The zero-order chi connectivity index (χ0) is 44.2. The first kappa shape index (κ1) is 55.5. The minimum absolute atomic E-state index is 0.00168. The van der Waals surface area contributed by atoms with E-state index in [1.807, 2.05) is 48.6 Å². The van der Waals surface area contributed by atoms with Crippen molar-refractivity contribution in [3.05, 3.63) is 134 Å². The number of nitrogens with zero attached hydrogens (tertiary/aromatic N) is 1. The first-order chi connectivity index (χ1) is 29.1. The van der Waals surface area contributed by atoms with Crippen LogP contribution in [0.25, 0.3) is 0 Å². The number of carbonyl (C=O) groups is 3. The maximum atomic E-state index is 12.7. The summed E-state index contributed by atoms with van der Waals surface area (Å²) in [6.07, 6.45) is 59.1. The fraction of sp³-hybridized carbons (Fsp3) is 0.519. The number of esters is 2. The Morgan fingerprint density at radius 3 is 1.50 bits per heavy atom. The molecule has 0 amide bonds. The monoisotopic (exact) mass is 830 g/mol. The quantitative estimate of drug-likeness (QED) is 0.0202. The number of allylic oxidation sites excluding steroid dienone is 22. The summed E-state index contributed by atoms with van der Waals surface area (Å²) in [5.74, 6) is -1.87. The molecule has 0 saturated carbocycles. The van der Waals surface area contributed by atoms with E-state index in [2.05, 4.69) is 98.9 Å². The largest absolute Gasteiger partial charge is 0.544 e. The standard InChI is InChI=1S/C52H79NO7/c1-6-8-10-12-14-16-18-20-22-23-24-25-26-27-29-30-32-34-36-38-40-42-50(54)59-47-48(46-58-45-44-49(52(56)57)53(3,4)5)60-51(55)43-41-39-37-35-33-31-28-21-19-17-15-13-11-9-7-2/h8-11,13-17,19-22,24-25,27-29,31-34,48-49H,6-7,12,18,23,26,30,35-47H2,1-5H3/b10-8+,11-9+,15-13+,16-14+,19-17+,22-20+,25-24+,28-21+,29-27+,33-31+,34-32+. The summed E-state index contributed by atoms with van der Waals surface area (Å²) in [6, 6.07) is -0.750. The Bertz CT molecular complexity index is 1430. The molecular weight excluding hydrogens is 751 g/mol. The van der Waals surface area contributed by atoms with Crippen LogP contribution in [0.4, 0.5) is 0 Å². The van der Waals surface area contributed by atoms with E-state index in [4.69, 9.17) is 14.2 Å². The Morgan fingerprint density at radius 1 is 0.517 bits per heavy atom. The summed E-state index contributed by atoms with van der Waals surface area (Å²) in [4.78, 5) is 36.9. The molecule has 0 rings (SSSR count). The molecule has 0 aromatic carbocycles. The second-order valence-electron chi connectivity index (χ2n) is 15.3. The van der Waals surface area contributed by atoms with Crippen molar-refractivity contribution >= 4 is 17.9 Å². The maximum absolute atomic E-state index is 12.7. The van der Waals surface area contributed by atoms with Crippen LogP contribution in [0.15, 0.2) is 134 Å². The van der Waals surface area contributed by atoms with Crippen LogP contribution < -0.4 is 5.11 Å². The lowest BCUT2D eigenvalue weighted by Crippen LogP contribution is -2.55. The van der Waals surface area contributed by atoms with Gasteiger partial charge < -0.3 is 28.6 Å². The minimum Gasteiger partial charge on any atom is -0.544 e. The van der Waals surface area contributed by atoms with Crippen LogP contribution in [0.2, 0.25) is 0 Å². The van der Waals surface area contributed by atoms with Crippen molar-refractivity contribution in [3.63, 3.8) is 0 Å². The van der Waals surface area contributed by atoms with Crippen LogP contribution in [0.3, 0.4) is 0 Å². The van der Waals surface area contributed by atoms with Crippen molar-refractivity contribution in [2.24, 2.45) is 0 Å². The SMILES string of the molecule is CC/C=C/C=C/C=C/C=C/C=C/CCCCCC(=O)OC(COCCC(C(=O)[O-])[N+](C)(C)C)COC(=O)CCCC/C=C/C/C=C/C/C=C/C/C=C/C/C=C/C/C=C/CC. The third-order valence-electron chi connectivity index (χ3n) is 8.91. The predicted octanol–water partition coefficient (Wildman–Crippen LogP) is 11.1. The van der Waals surface area contributed by atoms with Gasteiger partial charge in [-0.05, 0) is 83.5 Å². The van der Waals surface area contributed by atoms with E-state index in [-0.39, 0.29) is 55.5 Å². The van der Waals surface area contributed by atoms with E-state index in [0.717, 1.165) is 77.0 Å². The zero-order valence-corrected chi connectivity index (χ0v) is 37.8. The number of quaternary nitrogens is 1. The summed E-state index contributed by atoms with van der Waals surface area (Å²) in [6.45, 7) is 4.27. The molecule has 0 aromatic rings. The molecule has 0 fully saturated rings. The lowest BCUT2D eigenvalue weighted by molar-refractivity contribution is -0.889. The van der Waals surface area contributed by atoms with Crippen LogP contribution >= 0.6 is 0 Å². The van der Waals surface area contributed by atoms with Gasteiger partial charge in [0, 0.05) is 19.3 Å². The summed E-state index contributed by atoms with van der Waals surface area (Å²) >= 11 is 0. The Labute approximate surface area is 364 Å². The zero-order valence-electron chi connectivity index (χ0n) is 37.8. The normalized spacial score (nSPS) is 14.2. The Kier molecular flexibility index (Phi) is 38.1. The Balaban J connectivity index is 4.52. The summed E-state index contributed by atoms with van der Waals surface area (Å²) in [7, 11) is 5.36.